The molecule has 0 bridgehead atoms. The number of hydrogen-bond donors (Lipinski definition) is 3. The average molecular weight is 444 g/mol. The van der Waals surface area contributed by atoms with E-state index in [1.807, 2.05) is 0 Å². The highest BCUT2D eigenvalue weighted by atomic mass is 16.7. The number of Topliss-reactive ketones (excluding diaryl/α,β-unsaturated/α-hetero) is 1. The predicted molar refractivity (Wildman–Crippen MR) is 110 cm³/mol. The van der Waals surface area contributed by atoms with Gasteiger partial charge in [-0.1, -0.05) is 12.1 Å². The molecule has 0 saturated carbocycles. The molecule has 9 heteroatoms. The van der Waals surface area contributed by atoms with E-state index in [2.05, 4.69) is 0 Å². The second-order valence-corrected chi connectivity index (χ2v) is 7.82. The number of fused-ring (bicyclic) bond motifs is 1. The third-order valence-electron chi connectivity index (χ3n) is 5.68. The minimum Gasteiger partial charge on any atom is -0.497 e. The van der Waals surface area contributed by atoms with E-state index in [9.17, 15) is 24.9 Å². The molecule has 2 aromatic carbocycles. The van der Waals surface area contributed by atoms with Gasteiger partial charge in [0.1, 0.15) is 53.5 Å². The summed E-state index contributed by atoms with van der Waals surface area (Å²) in [7, 11) is 1.56. The average Bonchev–Trinajstić information content (AvgIpc) is 2.80. The summed E-state index contributed by atoms with van der Waals surface area (Å²) >= 11 is 0. The van der Waals surface area contributed by atoms with Crippen LogP contribution in [-0.2, 0) is 4.74 Å². The zero-order chi connectivity index (χ0) is 23.0. The van der Waals surface area contributed by atoms with E-state index in [4.69, 9.17) is 18.9 Å². The van der Waals surface area contributed by atoms with Crippen LogP contribution in [0.5, 0.6) is 17.2 Å². The molecule has 3 N–H and O–H groups in total. The highest BCUT2D eigenvalue weighted by Crippen LogP contribution is 2.41. The van der Waals surface area contributed by atoms with Crippen LogP contribution in [0.3, 0.4) is 0 Å². The summed E-state index contributed by atoms with van der Waals surface area (Å²) in [6, 6.07) is 9.91. The lowest BCUT2D eigenvalue weighted by atomic mass is 9.94. The van der Waals surface area contributed by atoms with Gasteiger partial charge in [-0.15, -0.1) is 0 Å². The first-order chi connectivity index (χ1) is 15.3. The lowest BCUT2D eigenvalue weighted by molar-refractivity contribution is -0.268. The van der Waals surface area contributed by atoms with Crippen LogP contribution in [0.4, 0.5) is 0 Å². The molecule has 32 heavy (non-hydrogen) atoms. The molecule has 0 aromatic heterocycles. The largest absolute Gasteiger partial charge is 0.497 e. The Balaban J connectivity index is 1.65. The zero-order valence-corrected chi connectivity index (χ0v) is 17.5. The van der Waals surface area contributed by atoms with E-state index >= 15 is 0 Å². The number of carbonyl (C=O) groups excluding carboxylic acids is 2. The maximum absolute atomic E-state index is 13.1. The van der Waals surface area contributed by atoms with Gasteiger partial charge in [-0.2, -0.15) is 0 Å². The van der Waals surface area contributed by atoms with E-state index in [1.54, 1.807) is 31.4 Å². The minimum atomic E-state index is -1.57. The SMILES string of the molecule is COc1ccc(C2CC(=O)c3c(cc(C=O)cc3OC3OC(C)C(O)C(O)C3O)O2)cc1. The van der Waals surface area contributed by atoms with Gasteiger partial charge < -0.3 is 34.3 Å². The minimum absolute atomic E-state index is 0.0115. The van der Waals surface area contributed by atoms with Crippen molar-refractivity contribution in [2.24, 2.45) is 0 Å². The first-order valence-corrected chi connectivity index (χ1v) is 10.2. The van der Waals surface area contributed by atoms with Crippen LogP contribution in [-0.4, -0.2) is 65.2 Å². The number of aliphatic hydroxyl groups is 3. The summed E-state index contributed by atoms with van der Waals surface area (Å²) in [6.07, 6.45) is -6.50. The molecule has 170 valence electrons. The van der Waals surface area contributed by atoms with E-state index in [-0.39, 0.29) is 34.8 Å². The normalized spacial score (nSPS) is 29.6. The molecule has 0 aliphatic carbocycles. The molecule has 1 saturated heterocycles. The quantitative estimate of drug-likeness (QED) is 0.586. The number of carbonyl (C=O) groups is 2. The Kier molecular flexibility index (Phi) is 6.16. The molecule has 2 aliphatic heterocycles. The monoisotopic (exact) mass is 444 g/mol. The van der Waals surface area contributed by atoms with Crippen LogP contribution < -0.4 is 14.2 Å². The fourth-order valence-corrected chi connectivity index (χ4v) is 3.84. The van der Waals surface area contributed by atoms with Gasteiger partial charge >= 0.3 is 0 Å². The molecule has 9 nitrogen and oxygen atoms in total. The molecule has 0 spiro atoms. The second-order valence-electron chi connectivity index (χ2n) is 7.82. The van der Waals surface area contributed by atoms with E-state index in [0.717, 1.165) is 5.56 Å². The molecule has 1 fully saturated rings. The molecule has 6 unspecified atom stereocenters. The first-order valence-electron chi connectivity index (χ1n) is 10.2. The maximum atomic E-state index is 13.1. The molecule has 4 rings (SSSR count). The molecule has 2 aliphatic rings. The fraction of sp³-hybridized carbons (Fsp3) is 0.391. The Labute approximate surface area is 184 Å². The smallest absolute Gasteiger partial charge is 0.229 e. The summed E-state index contributed by atoms with van der Waals surface area (Å²) in [6.45, 7) is 1.52. The number of benzene rings is 2. The standard InChI is InChI=1S/C23H24O9/c1-11-20(26)21(27)22(28)23(30-11)32-18-8-12(10-24)7-17-19(18)15(25)9-16(31-17)13-3-5-14(29-2)6-4-13/h3-8,10-11,16,20-23,26-28H,9H2,1-2H3. The van der Waals surface area contributed by atoms with Gasteiger partial charge in [-0.25, -0.2) is 0 Å². The van der Waals surface area contributed by atoms with Crippen molar-refractivity contribution in [3.63, 3.8) is 0 Å². The van der Waals surface area contributed by atoms with Gasteiger partial charge in [0, 0.05) is 5.56 Å². The maximum Gasteiger partial charge on any atom is 0.229 e. The Hall–Kier alpha value is -2.98. The Morgan fingerprint density at radius 1 is 1.06 bits per heavy atom. The lowest BCUT2D eigenvalue weighted by Gasteiger charge is -2.39. The first kappa shape index (κ1) is 22.2. The van der Waals surface area contributed by atoms with Gasteiger partial charge in [0.05, 0.1) is 19.6 Å². The molecule has 2 aromatic rings. The zero-order valence-electron chi connectivity index (χ0n) is 17.5. The van der Waals surface area contributed by atoms with Crippen molar-refractivity contribution in [1.29, 1.82) is 0 Å². The van der Waals surface area contributed by atoms with Crippen LogP contribution in [0.15, 0.2) is 36.4 Å². The molecular weight excluding hydrogens is 420 g/mol. The third kappa shape index (κ3) is 4.07. The summed E-state index contributed by atoms with van der Waals surface area (Å²) in [5, 5.41) is 30.2. The van der Waals surface area contributed by atoms with Gasteiger partial charge in [0.2, 0.25) is 6.29 Å². The third-order valence-corrected chi connectivity index (χ3v) is 5.68. The summed E-state index contributed by atoms with van der Waals surface area (Å²) < 4.78 is 22.4. The Bertz CT molecular complexity index is 1000. The molecule has 6 atom stereocenters. The molecule has 2 heterocycles. The van der Waals surface area contributed by atoms with Crippen molar-refractivity contribution in [3.05, 3.63) is 53.1 Å². The summed E-state index contributed by atoms with van der Waals surface area (Å²) in [4.78, 5) is 24.5. The molecular formula is C23H24O9. The van der Waals surface area contributed by atoms with Gasteiger partial charge in [-0.05, 0) is 36.8 Å². The van der Waals surface area contributed by atoms with Gasteiger partial charge in [-0.3, -0.25) is 9.59 Å². The predicted octanol–water partition coefficient (Wildman–Crippen LogP) is 1.42. The Morgan fingerprint density at radius 3 is 2.44 bits per heavy atom. The van der Waals surface area contributed by atoms with E-state index < -0.39 is 36.8 Å². The highest BCUT2D eigenvalue weighted by Gasteiger charge is 2.44. The number of hydrogen-bond acceptors (Lipinski definition) is 9. The van der Waals surface area contributed by atoms with E-state index in [1.165, 1.54) is 19.1 Å². The lowest BCUT2D eigenvalue weighted by Crippen LogP contribution is -2.58. The molecule has 0 amide bonds. The van der Waals surface area contributed by atoms with Crippen LogP contribution in [0.2, 0.25) is 0 Å². The van der Waals surface area contributed by atoms with Crippen LogP contribution in [0.25, 0.3) is 0 Å². The van der Waals surface area contributed by atoms with Crippen LogP contribution in [0.1, 0.15) is 45.7 Å². The van der Waals surface area contributed by atoms with Crippen molar-refractivity contribution in [2.45, 2.75) is 50.2 Å². The Morgan fingerprint density at radius 2 is 1.78 bits per heavy atom. The number of rotatable bonds is 5. The molecule has 0 radical (unpaired) electrons. The van der Waals surface area contributed by atoms with Crippen molar-refractivity contribution in [2.75, 3.05) is 7.11 Å². The van der Waals surface area contributed by atoms with Crippen molar-refractivity contribution < 1.29 is 43.9 Å². The second kappa shape index (κ2) is 8.87. The fourth-order valence-electron chi connectivity index (χ4n) is 3.84. The summed E-state index contributed by atoms with van der Waals surface area (Å²) in [5.74, 6) is 0.546. The topological polar surface area (TPSA) is 132 Å². The van der Waals surface area contributed by atoms with Gasteiger partial charge in [0.15, 0.2) is 5.78 Å². The van der Waals surface area contributed by atoms with Crippen molar-refractivity contribution >= 4 is 12.1 Å². The van der Waals surface area contributed by atoms with Crippen molar-refractivity contribution in [1.82, 2.24) is 0 Å². The number of methoxy groups -OCH3 is 1. The number of aldehydes is 1. The number of aliphatic hydroxyl groups excluding tert-OH is 3. The number of ketones is 1. The van der Waals surface area contributed by atoms with Gasteiger partial charge in [0.25, 0.3) is 0 Å². The van der Waals surface area contributed by atoms with E-state index in [0.29, 0.717) is 12.0 Å². The van der Waals surface area contributed by atoms with Crippen LogP contribution >= 0.6 is 0 Å². The van der Waals surface area contributed by atoms with Crippen molar-refractivity contribution in [3.8, 4) is 17.2 Å². The van der Waals surface area contributed by atoms with Crippen LogP contribution in [0, 0.1) is 0 Å². The highest BCUT2D eigenvalue weighted by molar-refractivity contribution is 6.03. The summed E-state index contributed by atoms with van der Waals surface area (Å²) in [5.41, 5.74) is 1.08. The number of ether oxygens (including phenoxy) is 4.